The number of carbonyl (C=O) groups excluding carboxylic acids is 1. The fourth-order valence-corrected chi connectivity index (χ4v) is 2.22. The molecular weight excluding hydrogens is 341 g/mol. The van der Waals surface area contributed by atoms with Gasteiger partial charge in [-0.3, -0.25) is 4.79 Å². The molecule has 8 heteroatoms. The Labute approximate surface area is 120 Å². The Morgan fingerprint density at radius 2 is 2.10 bits per heavy atom. The fourth-order valence-electron chi connectivity index (χ4n) is 1.70. The molecule has 0 saturated heterocycles. The monoisotopic (exact) mass is 348 g/mol. The van der Waals surface area contributed by atoms with Crippen molar-refractivity contribution >= 4 is 22.2 Å². The van der Waals surface area contributed by atoms with Gasteiger partial charge in [0.05, 0.1) is 0 Å². The van der Waals surface area contributed by atoms with Crippen molar-refractivity contribution < 1.29 is 22.7 Å². The third-order valence-electron chi connectivity index (χ3n) is 2.53. The summed E-state index contributed by atoms with van der Waals surface area (Å²) in [5.74, 6) is 0.00775. The third-order valence-corrected chi connectivity index (χ3v) is 3.12. The summed E-state index contributed by atoms with van der Waals surface area (Å²) in [6.07, 6.45) is -4.15. The van der Waals surface area contributed by atoms with Crippen LogP contribution in [0.2, 0.25) is 0 Å². The van der Waals surface area contributed by atoms with Gasteiger partial charge in [-0.1, -0.05) is 12.1 Å². The first-order valence-corrected chi connectivity index (χ1v) is 6.14. The van der Waals surface area contributed by atoms with Gasteiger partial charge in [-0.25, -0.2) is 4.98 Å². The molecule has 0 aliphatic rings. The average Bonchev–Trinajstić information content (AvgIpc) is 2.62. The summed E-state index contributed by atoms with van der Waals surface area (Å²) >= 11 is 3.12. The molecule has 0 N–H and O–H groups in total. The van der Waals surface area contributed by atoms with Gasteiger partial charge in [0.1, 0.15) is 21.9 Å². The molecular formula is C12H8BrF3N2O2. The molecule has 106 valence electrons. The molecule has 2 aromatic rings. The van der Waals surface area contributed by atoms with E-state index in [9.17, 15) is 18.0 Å². The second-order valence-electron chi connectivity index (χ2n) is 3.86. The SMILES string of the molecule is Cn1c(-c2cccc(OC(F)(F)F)c2)nc(Br)c1C=O. The van der Waals surface area contributed by atoms with Crippen molar-refractivity contribution in [3.63, 3.8) is 0 Å². The zero-order valence-electron chi connectivity index (χ0n) is 10.1. The second-order valence-corrected chi connectivity index (χ2v) is 4.62. The standard InChI is InChI=1S/C12H8BrF3N2O2/c1-18-9(6-19)10(13)17-11(18)7-3-2-4-8(5-7)20-12(14,15)16/h2-6H,1H3. The molecule has 0 aliphatic carbocycles. The van der Waals surface area contributed by atoms with Crippen molar-refractivity contribution in [3.8, 4) is 17.1 Å². The van der Waals surface area contributed by atoms with Gasteiger partial charge in [-0.05, 0) is 28.1 Å². The van der Waals surface area contributed by atoms with Crippen LogP contribution >= 0.6 is 15.9 Å². The summed E-state index contributed by atoms with van der Waals surface area (Å²) in [7, 11) is 1.59. The van der Waals surface area contributed by atoms with Gasteiger partial charge in [-0.2, -0.15) is 0 Å². The Morgan fingerprint density at radius 3 is 2.65 bits per heavy atom. The largest absolute Gasteiger partial charge is 0.573 e. The van der Waals surface area contributed by atoms with Crippen LogP contribution in [0.4, 0.5) is 13.2 Å². The van der Waals surface area contributed by atoms with Crippen molar-refractivity contribution in [3.05, 3.63) is 34.6 Å². The quantitative estimate of drug-likeness (QED) is 0.796. The number of benzene rings is 1. The molecule has 0 radical (unpaired) electrons. The molecule has 0 saturated carbocycles. The van der Waals surface area contributed by atoms with Crippen LogP contribution in [0.3, 0.4) is 0 Å². The van der Waals surface area contributed by atoms with Crippen LogP contribution in [0.15, 0.2) is 28.9 Å². The van der Waals surface area contributed by atoms with Gasteiger partial charge in [0.15, 0.2) is 6.29 Å². The highest BCUT2D eigenvalue weighted by Gasteiger charge is 2.31. The summed E-state index contributed by atoms with van der Waals surface area (Å²) in [5, 5.41) is 0. The predicted molar refractivity (Wildman–Crippen MR) is 68.4 cm³/mol. The first-order valence-electron chi connectivity index (χ1n) is 5.35. The van der Waals surface area contributed by atoms with Crippen molar-refractivity contribution in [2.75, 3.05) is 0 Å². The summed E-state index contributed by atoms with van der Waals surface area (Å²) in [6, 6.07) is 5.39. The maximum Gasteiger partial charge on any atom is 0.573 e. The highest BCUT2D eigenvalue weighted by molar-refractivity contribution is 9.10. The predicted octanol–water partition coefficient (Wildman–Crippen LogP) is 3.56. The van der Waals surface area contributed by atoms with Crippen LogP contribution in [0.25, 0.3) is 11.4 Å². The highest BCUT2D eigenvalue weighted by atomic mass is 79.9. The zero-order valence-corrected chi connectivity index (χ0v) is 11.7. The number of imidazole rings is 1. The van der Waals surface area contributed by atoms with E-state index in [0.717, 1.165) is 0 Å². The smallest absolute Gasteiger partial charge is 0.406 e. The molecule has 2 rings (SSSR count). The molecule has 1 heterocycles. The lowest BCUT2D eigenvalue weighted by Gasteiger charge is -2.10. The van der Waals surface area contributed by atoms with E-state index in [0.29, 0.717) is 28.0 Å². The molecule has 0 fully saturated rings. The van der Waals surface area contributed by atoms with E-state index in [1.165, 1.54) is 22.8 Å². The van der Waals surface area contributed by atoms with Crippen molar-refractivity contribution in [1.29, 1.82) is 0 Å². The van der Waals surface area contributed by atoms with E-state index in [2.05, 4.69) is 25.7 Å². The third kappa shape index (κ3) is 3.01. The van der Waals surface area contributed by atoms with Crippen LogP contribution in [0.5, 0.6) is 5.75 Å². The normalized spacial score (nSPS) is 11.4. The fraction of sp³-hybridized carbons (Fsp3) is 0.167. The number of halogens is 4. The first-order chi connectivity index (χ1) is 9.31. The van der Waals surface area contributed by atoms with Gasteiger partial charge >= 0.3 is 6.36 Å². The van der Waals surface area contributed by atoms with Crippen molar-refractivity contribution in [2.24, 2.45) is 7.05 Å². The lowest BCUT2D eigenvalue weighted by Crippen LogP contribution is -2.17. The number of hydrogen-bond acceptors (Lipinski definition) is 3. The number of rotatable bonds is 3. The van der Waals surface area contributed by atoms with Gasteiger partial charge in [0, 0.05) is 12.6 Å². The highest BCUT2D eigenvalue weighted by Crippen LogP contribution is 2.29. The van der Waals surface area contributed by atoms with Crippen molar-refractivity contribution in [2.45, 2.75) is 6.36 Å². The van der Waals surface area contributed by atoms with Crippen LogP contribution in [0, 0.1) is 0 Å². The number of carbonyl (C=O) groups is 1. The Hall–Kier alpha value is -1.83. The molecule has 0 atom stereocenters. The average molecular weight is 349 g/mol. The summed E-state index contributed by atoms with van der Waals surface area (Å²) in [6.45, 7) is 0. The summed E-state index contributed by atoms with van der Waals surface area (Å²) in [4.78, 5) is 15.0. The minimum Gasteiger partial charge on any atom is -0.406 e. The number of ether oxygens (including phenoxy) is 1. The summed E-state index contributed by atoms with van der Waals surface area (Å²) in [5.41, 5.74) is 0.699. The Balaban J connectivity index is 2.44. The van der Waals surface area contributed by atoms with Crippen LogP contribution in [-0.4, -0.2) is 22.2 Å². The molecule has 4 nitrogen and oxygen atoms in total. The zero-order chi connectivity index (χ0) is 14.9. The van der Waals surface area contributed by atoms with E-state index in [1.54, 1.807) is 13.1 Å². The van der Waals surface area contributed by atoms with Crippen LogP contribution in [-0.2, 0) is 7.05 Å². The molecule has 1 aromatic carbocycles. The minimum atomic E-state index is -4.76. The number of aromatic nitrogens is 2. The molecule has 1 aromatic heterocycles. The van der Waals surface area contributed by atoms with E-state index in [1.807, 2.05) is 0 Å². The molecule has 0 unspecified atom stereocenters. The number of alkyl halides is 3. The van der Waals surface area contributed by atoms with E-state index in [4.69, 9.17) is 0 Å². The number of aldehydes is 1. The van der Waals surface area contributed by atoms with E-state index >= 15 is 0 Å². The molecule has 0 bridgehead atoms. The van der Waals surface area contributed by atoms with E-state index in [-0.39, 0.29) is 5.75 Å². The number of nitrogens with zero attached hydrogens (tertiary/aromatic N) is 2. The molecule has 0 amide bonds. The second kappa shape index (κ2) is 5.28. The molecule has 20 heavy (non-hydrogen) atoms. The molecule has 0 aliphatic heterocycles. The van der Waals surface area contributed by atoms with Gasteiger partial charge < -0.3 is 9.30 Å². The van der Waals surface area contributed by atoms with Gasteiger partial charge in [0.25, 0.3) is 0 Å². The van der Waals surface area contributed by atoms with Gasteiger partial charge in [-0.15, -0.1) is 13.2 Å². The molecule has 0 spiro atoms. The summed E-state index contributed by atoms with van der Waals surface area (Å²) < 4.78 is 42.2. The van der Waals surface area contributed by atoms with E-state index < -0.39 is 6.36 Å². The first kappa shape index (κ1) is 14.6. The van der Waals surface area contributed by atoms with Crippen LogP contribution in [0.1, 0.15) is 10.5 Å². The Kier molecular flexibility index (Phi) is 3.85. The van der Waals surface area contributed by atoms with Crippen LogP contribution < -0.4 is 4.74 Å². The Bertz CT molecular complexity index is 653. The number of hydrogen-bond donors (Lipinski definition) is 0. The maximum atomic E-state index is 12.2. The lowest BCUT2D eigenvalue weighted by atomic mass is 10.2. The maximum absolute atomic E-state index is 12.2. The minimum absolute atomic E-state index is 0.294. The van der Waals surface area contributed by atoms with Gasteiger partial charge in [0.2, 0.25) is 0 Å². The Morgan fingerprint density at radius 1 is 1.40 bits per heavy atom. The lowest BCUT2D eigenvalue weighted by molar-refractivity contribution is -0.274. The van der Waals surface area contributed by atoms with Crippen molar-refractivity contribution in [1.82, 2.24) is 9.55 Å². The topological polar surface area (TPSA) is 44.1 Å².